The minimum atomic E-state index is 0.718. The molecule has 0 atom stereocenters. The van der Waals surface area contributed by atoms with E-state index in [1.807, 2.05) is 11.7 Å². The van der Waals surface area contributed by atoms with Crippen LogP contribution in [0.3, 0.4) is 0 Å². The van der Waals surface area contributed by atoms with Crippen molar-refractivity contribution in [3.05, 3.63) is 83.4 Å². The average Bonchev–Trinajstić information content (AvgIpc) is 3.22. The maximum absolute atomic E-state index is 4.43. The molecule has 0 aliphatic heterocycles. The minimum absolute atomic E-state index is 0.718. The van der Waals surface area contributed by atoms with Gasteiger partial charge in [-0.1, -0.05) is 55.5 Å². The lowest BCUT2D eigenvalue weighted by atomic mass is 10.1. The van der Waals surface area contributed by atoms with Gasteiger partial charge >= 0.3 is 0 Å². The van der Waals surface area contributed by atoms with Crippen molar-refractivity contribution in [3.8, 4) is 0 Å². The van der Waals surface area contributed by atoms with Crippen LogP contribution in [0.25, 0.3) is 0 Å². The predicted molar refractivity (Wildman–Crippen MR) is 113 cm³/mol. The highest BCUT2D eigenvalue weighted by Crippen LogP contribution is 2.09. The molecule has 3 aromatic rings. The summed E-state index contributed by atoms with van der Waals surface area (Å²) < 4.78 is 1.82. The summed E-state index contributed by atoms with van der Waals surface area (Å²) >= 11 is 0. The molecule has 2 aromatic carbocycles. The number of nitrogens with one attached hydrogen (secondary N) is 1. The van der Waals surface area contributed by atoms with Crippen LogP contribution in [0.1, 0.15) is 29.2 Å². The largest absolute Gasteiger partial charge is 0.352 e. The molecule has 0 spiro atoms. The van der Waals surface area contributed by atoms with Crippen LogP contribution in [0, 0.1) is 0 Å². The Balaban J connectivity index is 1.57. The smallest absolute Gasteiger partial charge is 0.193 e. The molecule has 0 saturated carbocycles. The zero-order chi connectivity index (χ0) is 19.8. The topological polar surface area (TPSA) is 58.3 Å². The third-order valence-corrected chi connectivity index (χ3v) is 4.68. The summed E-state index contributed by atoms with van der Waals surface area (Å²) in [6.07, 6.45) is 4.35. The van der Waals surface area contributed by atoms with E-state index >= 15 is 0 Å². The first kappa shape index (κ1) is 19.6. The molecule has 0 saturated heterocycles. The molecule has 0 unspecified atom stereocenters. The van der Waals surface area contributed by atoms with Gasteiger partial charge in [-0.3, -0.25) is 4.99 Å². The van der Waals surface area contributed by atoms with Gasteiger partial charge in [-0.05, 0) is 28.7 Å². The maximum Gasteiger partial charge on any atom is 0.193 e. The van der Waals surface area contributed by atoms with Gasteiger partial charge in [0.05, 0.1) is 6.54 Å². The van der Waals surface area contributed by atoms with Gasteiger partial charge in [-0.15, -0.1) is 0 Å². The first-order valence-corrected chi connectivity index (χ1v) is 9.57. The molecule has 0 aliphatic carbocycles. The Bertz CT molecular complexity index is 884. The van der Waals surface area contributed by atoms with E-state index in [9.17, 15) is 0 Å². The predicted octanol–water partition coefficient (Wildman–Crippen LogP) is 3.10. The second kappa shape index (κ2) is 9.69. The molecule has 6 nitrogen and oxygen atoms in total. The summed E-state index contributed by atoms with van der Waals surface area (Å²) in [5, 5.41) is 7.62. The van der Waals surface area contributed by atoms with E-state index in [0.717, 1.165) is 32.0 Å². The third kappa shape index (κ3) is 5.42. The van der Waals surface area contributed by atoms with Gasteiger partial charge in [0.2, 0.25) is 0 Å². The van der Waals surface area contributed by atoms with Crippen molar-refractivity contribution >= 4 is 5.96 Å². The van der Waals surface area contributed by atoms with E-state index in [4.69, 9.17) is 0 Å². The first-order valence-electron chi connectivity index (χ1n) is 9.57. The van der Waals surface area contributed by atoms with E-state index in [1.54, 1.807) is 12.7 Å². The normalized spacial score (nSPS) is 11.5. The van der Waals surface area contributed by atoms with Gasteiger partial charge in [-0.2, -0.15) is 5.10 Å². The van der Waals surface area contributed by atoms with Crippen LogP contribution in [0.4, 0.5) is 0 Å². The van der Waals surface area contributed by atoms with Crippen molar-refractivity contribution in [3.63, 3.8) is 0 Å². The van der Waals surface area contributed by atoms with Crippen LogP contribution in [-0.4, -0.2) is 39.7 Å². The molecular formula is C22H28N6. The van der Waals surface area contributed by atoms with Crippen molar-refractivity contribution < 1.29 is 0 Å². The van der Waals surface area contributed by atoms with Crippen LogP contribution >= 0.6 is 0 Å². The molecule has 0 radical (unpaired) electrons. The van der Waals surface area contributed by atoms with Crippen molar-refractivity contribution in [2.24, 2.45) is 4.99 Å². The zero-order valence-corrected chi connectivity index (χ0v) is 16.8. The van der Waals surface area contributed by atoms with Crippen LogP contribution in [0.2, 0.25) is 0 Å². The maximum atomic E-state index is 4.43. The molecule has 0 amide bonds. The highest BCUT2D eigenvalue weighted by molar-refractivity contribution is 5.79. The summed E-state index contributed by atoms with van der Waals surface area (Å²) in [6.45, 7) is 4.43. The summed E-state index contributed by atoms with van der Waals surface area (Å²) in [7, 11) is 3.88. The number of hydrogen-bond donors (Lipinski definition) is 1. The lowest BCUT2D eigenvalue weighted by Gasteiger charge is -2.22. The Morgan fingerprint density at radius 1 is 1.07 bits per heavy atom. The summed E-state index contributed by atoms with van der Waals surface area (Å²) in [5.74, 6) is 0.876. The molecule has 6 heteroatoms. The molecule has 0 fully saturated rings. The SMILES string of the molecule is CCc1ccc(CN(C)C(=NC)NCc2cccc(Cn3cncn3)c2)cc1. The second-order valence-electron chi connectivity index (χ2n) is 6.84. The number of aryl methyl sites for hydroxylation is 1. The fourth-order valence-corrected chi connectivity index (χ4v) is 3.13. The Morgan fingerprint density at radius 3 is 2.50 bits per heavy atom. The molecule has 146 valence electrons. The van der Waals surface area contributed by atoms with Gasteiger partial charge in [0, 0.05) is 27.2 Å². The van der Waals surface area contributed by atoms with Crippen molar-refractivity contribution in [2.75, 3.05) is 14.1 Å². The molecule has 28 heavy (non-hydrogen) atoms. The van der Waals surface area contributed by atoms with Crippen LogP contribution in [0.15, 0.2) is 66.2 Å². The average molecular weight is 377 g/mol. The Morgan fingerprint density at radius 2 is 1.82 bits per heavy atom. The number of benzene rings is 2. The van der Waals surface area contributed by atoms with E-state index in [1.165, 1.54) is 22.3 Å². The monoisotopic (exact) mass is 376 g/mol. The quantitative estimate of drug-likeness (QED) is 0.508. The Hall–Kier alpha value is -3.15. The number of aromatic nitrogens is 3. The summed E-state index contributed by atoms with van der Waals surface area (Å²) in [6, 6.07) is 17.3. The first-order chi connectivity index (χ1) is 13.7. The van der Waals surface area contributed by atoms with Gasteiger partial charge in [-0.25, -0.2) is 9.67 Å². The fraction of sp³-hybridized carbons (Fsp3) is 0.318. The number of hydrogen-bond acceptors (Lipinski definition) is 3. The highest BCUT2D eigenvalue weighted by Gasteiger charge is 2.07. The second-order valence-corrected chi connectivity index (χ2v) is 6.84. The Labute approximate surface area is 166 Å². The summed E-state index contributed by atoms with van der Waals surface area (Å²) in [4.78, 5) is 10.6. The highest BCUT2D eigenvalue weighted by atomic mass is 15.3. The van der Waals surface area contributed by atoms with Crippen LogP contribution in [-0.2, 0) is 26.1 Å². The lowest BCUT2D eigenvalue weighted by molar-refractivity contribution is 0.476. The van der Waals surface area contributed by atoms with E-state index in [0.29, 0.717) is 0 Å². The molecule has 0 aliphatic rings. The van der Waals surface area contributed by atoms with Gasteiger partial charge in [0.25, 0.3) is 0 Å². The van der Waals surface area contributed by atoms with Crippen molar-refractivity contribution in [1.29, 1.82) is 0 Å². The number of nitrogens with zero attached hydrogens (tertiary/aromatic N) is 5. The Kier molecular flexibility index (Phi) is 6.78. The van der Waals surface area contributed by atoms with E-state index < -0.39 is 0 Å². The van der Waals surface area contributed by atoms with Crippen molar-refractivity contribution in [1.82, 2.24) is 25.0 Å². The van der Waals surface area contributed by atoms with Gasteiger partial charge < -0.3 is 10.2 Å². The van der Waals surface area contributed by atoms with Crippen LogP contribution in [0.5, 0.6) is 0 Å². The molecule has 1 N–H and O–H groups in total. The fourth-order valence-electron chi connectivity index (χ4n) is 3.13. The molecule has 1 heterocycles. The minimum Gasteiger partial charge on any atom is -0.352 e. The molecular weight excluding hydrogens is 348 g/mol. The molecule has 3 rings (SSSR count). The number of guanidine groups is 1. The standard InChI is InChI=1S/C22H28N6/c1-4-18-8-10-19(11-9-18)14-27(3)22(23-2)25-13-20-6-5-7-21(12-20)15-28-17-24-16-26-28/h5-12,16-17H,4,13-15H2,1-3H3,(H,23,25). The van der Waals surface area contributed by atoms with E-state index in [2.05, 4.69) is 87.8 Å². The van der Waals surface area contributed by atoms with E-state index in [-0.39, 0.29) is 0 Å². The summed E-state index contributed by atoms with van der Waals surface area (Å²) in [5.41, 5.74) is 5.04. The molecule has 1 aromatic heterocycles. The van der Waals surface area contributed by atoms with Crippen molar-refractivity contribution in [2.45, 2.75) is 33.0 Å². The molecule has 0 bridgehead atoms. The zero-order valence-electron chi connectivity index (χ0n) is 16.8. The number of rotatable bonds is 7. The third-order valence-electron chi connectivity index (χ3n) is 4.68. The van der Waals surface area contributed by atoms with Gasteiger partial charge in [0.1, 0.15) is 12.7 Å². The van der Waals surface area contributed by atoms with Crippen LogP contribution < -0.4 is 5.32 Å². The lowest BCUT2D eigenvalue weighted by Crippen LogP contribution is -2.38. The van der Waals surface area contributed by atoms with Gasteiger partial charge in [0.15, 0.2) is 5.96 Å². The number of aliphatic imine (C=N–C) groups is 1.